The quantitative estimate of drug-likeness (QED) is 0.604. The zero-order valence-corrected chi connectivity index (χ0v) is 6.97. The molecule has 6 heteroatoms. The summed E-state index contributed by atoms with van der Waals surface area (Å²) in [6.07, 6.45) is 3.22. The summed E-state index contributed by atoms with van der Waals surface area (Å²) in [7, 11) is 1.66. The predicted octanol–water partition coefficient (Wildman–Crippen LogP) is -0.708. The molecule has 70 valence electrons. The van der Waals surface area contributed by atoms with E-state index in [0.29, 0.717) is 12.1 Å². The molecule has 0 aliphatic heterocycles. The molecule has 1 rings (SSSR count). The van der Waals surface area contributed by atoms with Crippen LogP contribution < -0.4 is 5.32 Å². The van der Waals surface area contributed by atoms with Gasteiger partial charge in [0.2, 0.25) is 6.41 Å². The fourth-order valence-electron chi connectivity index (χ4n) is 0.997. The molecule has 6 nitrogen and oxygen atoms in total. The summed E-state index contributed by atoms with van der Waals surface area (Å²) in [6.45, 7) is 0. The Morgan fingerprint density at radius 3 is 2.92 bits per heavy atom. The lowest BCUT2D eigenvalue weighted by Gasteiger charge is -2.10. The molecular weight excluding hydrogens is 174 g/mol. The fourth-order valence-corrected chi connectivity index (χ4v) is 0.997. The molecule has 1 aromatic heterocycles. The van der Waals surface area contributed by atoms with Crippen molar-refractivity contribution in [3.63, 3.8) is 0 Å². The summed E-state index contributed by atoms with van der Waals surface area (Å²) in [5.41, 5.74) is 0.430. The van der Waals surface area contributed by atoms with E-state index in [-0.39, 0.29) is 0 Å². The van der Waals surface area contributed by atoms with Crippen LogP contribution in [0.1, 0.15) is 11.7 Å². The second-order valence-electron chi connectivity index (χ2n) is 2.49. The Hall–Kier alpha value is -1.85. The van der Waals surface area contributed by atoms with E-state index in [2.05, 4.69) is 10.3 Å². The molecule has 13 heavy (non-hydrogen) atoms. The number of carboxylic acid groups (broad SMARTS) is 1. The van der Waals surface area contributed by atoms with Crippen molar-refractivity contribution in [2.75, 3.05) is 0 Å². The Morgan fingerprint density at radius 1 is 1.85 bits per heavy atom. The van der Waals surface area contributed by atoms with Crippen molar-refractivity contribution in [3.8, 4) is 0 Å². The van der Waals surface area contributed by atoms with E-state index < -0.39 is 12.0 Å². The third-order valence-electron chi connectivity index (χ3n) is 1.63. The number of carbonyl (C=O) groups is 2. The molecule has 1 heterocycles. The van der Waals surface area contributed by atoms with E-state index >= 15 is 0 Å². The summed E-state index contributed by atoms with van der Waals surface area (Å²) in [5.74, 6) is -1.12. The molecule has 0 saturated heterocycles. The van der Waals surface area contributed by atoms with Crippen LogP contribution in [0.3, 0.4) is 0 Å². The molecule has 1 amide bonds. The number of aromatic nitrogens is 2. The van der Waals surface area contributed by atoms with Gasteiger partial charge in [0.1, 0.15) is 0 Å². The van der Waals surface area contributed by atoms with Gasteiger partial charge in [0.15, 0.2) is 6.04 Å². The third-order valence-corrected chi connectivity index (χ3v) is 1.63. The van der Waals surface area contributed by atoms with E-state index in [1.54, 1.807) is 7.05 Å². The summed E-state index contributed by atoms with van der Waals surface area (Å²) < 4.78 is 1.54. The molecule has 1 unspecified atom stereocenters. The van der Waals surface area contributed by atoms with Crippen molar-refractivity contribution in [1.29, 1.82) is 0 Å². The largest absolute Gasteiger partial charge is 0.479 e. The average molecular weight is 183 g/mol. The predicted molar refractivity (Wildman–Crippen MR) is 42.8 cm³/mol. The highest BCUT2D eigenvalue weighted by Crippen LogP contribution is 2.10. The van der Waals surface area contributed by atoms with E-state index in [1.807, 2.05) is 0 Å². The summed E-state index contributed by atoms with van der Waals surface area (Å²) in [4.78, 5) is 24.6. The number of nitrogens with one attached hydrogen (secondary N) is 1. The number of nitrogens with zero attached hydrogens (tertiary/aromatic N) is 2. The fraction of sp³-hybridized carbons (Fsp3) is 0.286. The second kappa shape index (κ2) is 3.70. The second-order valence-corrected chi connectivity index (χ2v) is 2.49. The number of carboxylic acids is 1. The first kappa shape index (κ1) is 9.24. The van der Waals surface area contributed by atoms with Gasteiger partial charge in [-0.1, -0.05) is 0 Å². The van der Waals surface area contributed by atoms with Crippen LogP contribution in [-0.2, 0) is 16.6 Å². The number of aliphatic carboxylic acids is 1. The molecule has 1 atom stereocenters. The minimum Gasteiger partial charge on any atom is -0.479 e. The van der Waals surface area contributed by atoms with Gasteiger partial charge in [-0.3, -0.25) is 4.79 Å². The maximum atomic E-state index is 10.7. The van der Waals surface area contributed by atoms with Gasteiger partial charge in [-0.15, -0.1) is 0 Å². The van der Waals surface area contributed by atoms with Crippen LogP contribution in [0.2, 0.25) is 0 Å². The Kier molecular flexibility index (Phi) is 2.63. The monoisotopic (exact) mass is 183 g/mol. The molecule has 0 bridgehead atoms. The molecule has 0 spiro atoms. The molecule has 0 fully saturated rings. The first-order valence-electron chi connectivity index (χ1n) is 3.55. The lowest BCUT2D eigenvalue weighted by Crippen LogP contribution is -2.28. The number of imidazole rings is 1. The lowest BCUT2D eigenvalue weighted by atomic mass is 10.2. The van der Waals surface area contributed by atoms with Crippen LogP contribution in [0.15, 0.2) is 12.5 Å². The summed E-state index contributed by atoms with van der Waals surface area (Å²) in [6, 6.07) is -1.04. The van der Waals surface area contributed by atoms with Crippen LogP contribution in [0, 0.1) is 0 Å². The normalized spacial score (nSPS) is 12.1. The van der Waals surface area contributed by atoms with Crippen molar-refractivity contribution in [2.24, 2.45) is 7.05 Å². The average Bonchev–Trinajstić information content (AvgIpc) is 2.47. The van der Waals surface area contributed by atoms with Crippen LogP contribution in [0.5, 0.6) is 0 Å². The molecule has 0 aliphatic carbocycles. The van der Waals surface area contributed by atoms with Gasteiger partial charge in [-0.25, -0.2) is 9.78 Å². The number of hydrogen-bond donors (Lipinski definition) is 2. The Morgan fingerprint density at radius 2 is 2.54 bits per heavy atom. The van der Waals surface area contributed by atoms with Crippen LogP contribution in [-0.4, -0.2) is 27.0 Å². The van der Waals surface area contributed by atoms with E-state index in [0.717, 1.165) is 0 Å². The van der Waals surface area contributed by atoms with Crippen molar-refractivity contribution in [2.45, 2.75) is 6.04 Å². The zero-order valence-electron chi connectivity index (χ0n) is 6.97. The zero-order chi connectivity index (χ0) is 9.84. The highest BCUT2D eigenvalue weighted by atomic mass is 16.4. The Labute approximate surface area is 74.2 Å². The summed E-state index contributed by atoms with van der Waals surface area (Å²) >= 11 is 0. The molecule has 0 radical (unpaired) electrons. The van der Waals surface area contributed by atoms with Crippen molar-refractivity contribution < 1.29 is 14.7 Å². The van der Waals surface area contributed by atoms with Crippen molar-refractivity contribution >= 4 is 12.4 Å². The van der Waals surface area contributed by atoms with Crippen LogP contribution in [0.4, 0.5) is 0 Å². The number of hydrogen-bond acceptors (Lipinski definition) is 3. The van der Waals surface area contributed by atoms with E-state index in [1.165, 1.54) is 17.1 Å². The Bertz CT molecular complexity index is 321. The highest BCUT2D eigenvalue weighted by molar-refractivity contribution is 5.77. The van der Waals surface area contributed by atoms with Crippen LogP contribution in [0.25, 0.3) is 0 Å². The van der Waals surface area contributed by atoms with Crippen molar-refractivity contribution in [3.05, 3.63) is 18.2 Å². The van der Waals surface area contributed by atoms with Gasteiger partial charge >= 0.3 is 5.97 Å². The number of aryl methyl sites for hydroxylation is 1. The molecule has 0 aliphatic rings. The molecule has 0 saturated carbocycles. The summed E-state index contributed by atoms with van der Waals surface area (Å²) in [5, 5.41) is 10.9. The van der Waals surface area contributed by atoms with Crippen LogP contribution >= 0.6 is 0 Å². The smallest absolute Gasteiger partial charge is 0.332 e. The van der Waals surface area contributed by atoms with Gasteiger partial charge in [-0.2, -0.15) is 0 Å². The minimum absolute atomic E-state index is 0.353. The SMILES string of the molecule is Cn1cncc1C(NC=O)C(=O)O. The van der Waals surface area contributed by atoms with E-state index in [4.69, 9.17) is 5.11 Å². The highest BCUT2D eigenvalue weighted by Gasteiger charge is 2.21. The third kappa shape index (κ3) is 1.84. The van der Waals surface area contributed by atoms with Crippen molar-refractivity contribution in [1.82, 2.24) is 14.9 Å². The topological polar surface area (TPSA) is 84.2 Å². The maximum Gasteiger partial charge on any atom is 0.332 e. The standard InChI is InChI=1S/C7H9N3O3/c1-10-3-8-2-5(10)6(7(12)13)9-4-11/h2-4,6H,1H3,(H,9,11)(H,12,13). The number of amides is 1. The molecule has 1 aromatic rings. The molecule has 0 aromatic carbocycles. The van der Waals surface area contributed by atoms with E-state index in [9.17, 15) is 9.59 Å². The first-order valence-corrected chi connectivity index (χ1v) is 3.55. The number of carbonyl (C=O) groups excluding carboxylic acids is 1. The minimum atomic E-state index is -1.12. The molecule has 2 N–H and O–H groups in total. The lowest BCUT2D eigenvalue weighted by molar-refractivity contribution is -0.140. The van der Waals surface area contributed by atoms with Gasteiger partial charge in [0.25, 0.3) is 0 Å². The Balaban J connectivity index is 2.94. The maximum absolute atomic E-state index is 10.7. The molecular formula is C7H9N3O3. The van der Waals surface area contributed by atoms with Gasteiger partial charge in [0, 0.05) is 7.05 Å². The van der Waals surface area contributed by atoms with Gasteiger partial charge < -0.3 is 15.0 Å². The van der Waals surface area contributed by atoms with Gasteiger partial charge in [-0.05, 0) is 0 Å². The number of rotatable bonds is 4. The first-order chi connectivity index (χ1) is 6.16. The van der Waals surface area contributed by atoms with Gasteiger partial charge in [0.05, 0.1) is 18.2 Å².